The van der Waals surface area contributed by atoms with Crippen LogP contribution in [0, 0.1) is 22.7 Å². The number of rotatable bonds is 4. The standard InChI is InChI=1S/C23H33NO2/c1-6-24-18-13-19(25)17(12-20(18)26)14-23(5)16(3)10-11-22(4)15(2)8-7-9-21(22)23/h8,12-13,16,21,24H,6-7,9-11,14H2,1-5H3. The van der Waals surface area contributed by atoms with Gasteiger partial charge in [-0.3, -0.25) is 9.59 Å². The van der Waals surface area contributed by atoms with Gasteiger partial charge in [-0.1, -0.05) is 32.4 Å². The van der Waals surface area contributed by atoms with E-state index >= 15 is 0 Å². The van der Waals surface area contributed by atoms with Crippen molar-refractivity contribution in [3.8, 4) is 0 Å². The van der Waals surface area contributed by atoms with Crippen molar-refractivity contribution in [3.63, 3.8) is 0 Å². The Morgan fingerprint density at radius 3 is 2.58 bits per heavy atom. The fourth-order valence-electron chi connectivity index (χ4n) is 5.69. The van der Waals surface area contributed by atoms with E-state index in [1.165, 1.54) is 30.9 Å². The Hall–Kier alpha value is -1.64. The van der Waals surface area contributed by atoms with E-state index in [1.807, 2.05) is 6.92 Å². The third-order valence-corrected chi connectivity index (χ3v) is 7.70. The average Bonchev–Trinajstić information content (AvgIpc) is 2.58. The van der Waals surface area contributed by atoms with Gasteiger partial charge in [0.25, 0.3) is 0 Å². The number of hydrogen-bond acceptors (Lipinski definition) is 3. The molecule has 0 spiro atoms. The maximum absolute atomic E-state index is 12.7. The van der Waals surface area contributed by atoms with E-state index in [4.69, 9.17) is 0 Å². The van der Waals surface area contributed by atoms with Crippen LogP contribution in [0.2, 0.25) is 0 Å². The van der Waals surface area contributed by atoms with Crippen LogP contribution in [-0.2, 0) is 9.59 Å². The Labute approximate surface area is 158 Å². The van der Waals surface area contributed by atoms with Crippen molar-refractivity contribution in [2.24, 2.45) is 22.7 Å². The summed E-state index contributed by atoms with van der Waals surface area (Å²) in [6.07, 6.45) is 10.9. The summed E-state index contributed by atoms with van der Waals surface area (Å²) in [5.74, 6) is 1.06. The first-order chi connectivity index (χ1) is 12.2. The molecule has 4 atom stereocenters. The zero-order valence-corrected chi connectivity index (χ0v) is 16.9. The van der Waals surface area contributed by atoms with E-state index in [-0.39, 0.29) is 22.4 Å². The second kappa shape index (κ2) is 6.83. The summed E-state index contributed by atoms with van der Waals surface area (Å²) < 4.78 is 0. The number of carbonyl (C=O) groups excluding carboxylic acids is 2. The van der Waals surface area contributed by atoms with Gasteiger partial charge < -0.3 is 5.32 Å². The predicted octanol–water partition coefficient (Wildman–Crippen LogP) is 4.75. The van der Waals surface area contributed by atoms with Crippen LogP contribution in [0.3, 0.4) is 0 Å². The first kappa shape index (κ1) is 19.1. The van der Waals surface area contributed by atoms with Gasteiger partial charge in [-0.05, 0) is 74.7 Å². The van der Waals surface area contributed by atoms with E-state index in [0.29, 0.717) is 36.1 Å². The number of ketones is 2. The van der Waals surface area contributed by atoms with Crippen LogP contribution in [-0.4, -0.2) is 18.1 Å². The van der Waals surface area contributed by atoms with Crippen molar-refractivity contribution in [2.45, 2.75) is 66.7 Å². The average molecular weight is 356 g/mol. The Bertz CT molecular complexity index is 714. The smallest absolute Gasteiger partial charge is 0.202 e. The molecule has 3 rings (SSSR count). The van der Waals surface area contributed by atoms with Gasteiger partial charge >= 0.3 is 0 Å². The molecule has 0 amide bonds. The lowest BCUT2D eigenvalue weighted by Crippen LogP contribution is -2.50. The second-order valence-electron chi connectivity index (χ2n) is 9.04. The van der Waals surface area contributed by atoms with Crippen molar-refractivity contribution in [1.82, 2.24) is 5.32 Å². The summed E-state index contributed by atoms with van der Waals surface area (Å²) in [5.41, 5.74) is 2.92. The maximum Gasteiger partial charge on any atom is 0.202 e. The molecule has 3 aliphatic rings. The van der Waals surface area contributed by atoms with E-state index in [2.05, 4.69) is 39.1 Å². The van der Waals surface area contributed by atoms with Crippen LogP contribution < -0.4 is 5.32 Å². The molecule has 0 aromatic rings. The number of fused-ring (bicyclic) bond motifs is 1. The molecule has 1 fully saturated rings. The number of hydrogen-bond donors (Lipinski definition) is 1. The van der Waals surface area contributed by atoms with Gasteiger partial charge in [-0.25, -0.2) is 0 Å². The summed E-state index contributed by atoms with van der Waals surface area (Å²) in [6.45, 7) is 12.0. The summed E-state index contributed by atoms with van der Waals surface area (Å²) in [5, 5.41) is 3.00. The summed E-state index contributed by atoms with van der Waals surface area (Å²) in [4.78, 5) is 25.1. The molecule has 26 heavy (non-hydrogen) atoms. The van der Waals surface area contributed by atoms with Crippen LogP contribution >= 0.6 is 0 Å². The minimum absolute atomic E-state index is 0.00400. The Morgan fingerprint density at radius 1 is 1.15 bits per heavy atom. The maximum atomic E-state index is 12.7. The highest BCUT2D eigenvalue weighted by molar-refractivity contribution is 6.19. The van der Waals surface area contributed by atoms with Gasteiger partial charge in [0, 0.05) is 18.2 Å². The van der Waals surface area contributed by atoms with E-state index in [0.717, 1.165) is 6.42 Å². The molecule has 0 saturated heterocycles. The normalized spacial score (nSPS) is 37.5. The van der Waals surface area contributed by atoms with Crippen LogP contribution in [0.4, 0.5) is 0 Å². The van der Waals surface area contributed by atoms with Crippen LogP contribution in [0.5, 0.6) is 0 Å². The predicted molar refractivity (Wildman–Crippen MR) is 106 cm³/mol. The monoisotopic (exact) mass is 355 g/mol. The van der Waals surface area contributed by atoms with Gasteiger partial charge in [0.15, 0.2) is 5.78 Å². The third-order valence-electron chi connectivity index (χ3n) is 7.70. The molecule has 3 nitrogen and oxygen atoms in total. The molecule has 0 aliphatic heterocycles. The fraction of sp³-hybridized carbons (Fsp3) is 0.652. The van der Waals surface area contributed by atoms with E-state index in [9.17, 15) is 9.59 Å². The minimum Gasteiger partial charge on any atom is -0.382 e. The summed E-state index contributed by atoms with van der Waals surface area (Å²) in [7, 11) is 0. The van der Waals surface area contributed by atoms with Crippen molar-refractivity contribution >= 4 is 11.6 Å². The molecule has 0 aromatic carbocycles. The molecule has 0 heterocycles. The third kappa shape index (κ3) is 3.00. The molecule has 0 radical (unpaired) electrons. The second-order valence-corrected chi connectivity index (χ2v) is 9.04. The number of allylic oxidation sites excluding steroid dienone is 5. The largest absolute Gasteiger partial charge is 0.382 e. The van der Waals surface area contributed by atoms with Gasteiger partial charge in [0.05, 0.1) is 5.70 Å². The first-order valence-electron chi connectivity index (χ1n) is 10.1. The SMILES string of the molecule is CCNC1=CC(=O)C(CC2(C)C(C)CCC3(C)C(C)=CCCC32)=CC1=O. The quantitative estimate of drug-likeness (QED) is 0.585. The highest BCUT2D eigenvalue weighted by Crippen LogP contribution is 2.62. The zero-order valence-electron chi connectivity index (χ0n) is 16.9. The molecule has 3 heteroatoms. The van der Waals surface area contributed by atoms with Crippen molar-refractivity contribution in [2.75, 3.05) is 6.54 Å². The molecular formula is C23H33NO2. The topological polar surface area (TPSA) is 46.2 Å². The van der Waals surface area contributed by atoms with Crippen molar-refractivity contribution in [1.29, 1.82) is 0 Å². The molecular weight excluding hydrogens is 322 g/mol. The minimum atomic E-state index is -0.0593. The Kier molecular flexibility index (Phi) is 5.02. The zero-order chi connectivity index (χ0) is 19.1. The lowest BCUT2D eigenvalue weighted by molar-refractivity contribution is -0.116. The molecule has 1 N–H and O–H groups in total. The van der Waals surface area contributed by atoms with Gasteiger partial charge in [0.2, 0.25) is 5.78 Å². The fourth-order valence-corrected chi connectivity index (χ4v) is 5.69. The van der Waals surface area contributed by atoms with Gasteiger partial charge in [-0.2, -0.15) is 0 Å². The number of likely N-dealkylation sites (N-methyl/N-ethyl adjacent to an activating group) is 1. The lowest BCUT2D eigenvalue weighted by Gasteiger charge is -2.58. The van der Waals surface area contributed by atoms with E-state index in [1.54, 1.807) is 6.08 Å². The lowest BCUT2D eigenvalue weighted by atomic mass is 9.46. The number of carbonyl (C=O) groups is 2. The summed E-state index contributed by atoms with van der Waals surface area (Å²) in [6, 6.07) is 0. The van der Waals surface area contributed by atoms with Crippen molar-refractivity contribution in [3.05, 3.63) is 35.1 Å². The first-order valence-corrected chi connectivity index (χ1v) is 10.1. The highest BCUT2D eigenvalue weighted by atomic mass is 16.1. The molecule has 3 aliphatic carbocycles. The summed E-state index contributed by atoms with van der Waals surface area (Å²) >= 11 is 0. The van der Waals surface area contributed by atoms with Gasteiger partial charge in [-0.15, -0.1) is 0 Å². The highest BCUT2D eigenvalue weighted by Gasteiger charge is 2.53. The van der Waals surface area contributed by atoms with Crippen LogP contribution in [0.25, 0.3) is 0 Å². The van der Waals surface area contributed by atoms with Crippen LogP contribution in [0.15, 0.2) is 35.1 Å². The van der Waals surface area contributed by atoms with Crippen LogP contribution in [0.1, 0.15) is 66.7 Å². The molecule has 142 valence electrons. The van der Waals surface area contributed by atoms with Gasteiger partial charge in [0.1, 0.15) is 0 Å². The van der Waals surface area contributed by atoms with E-state index < -0.39 is 0 Å². The molecule has 4 unspecified atom stereocenters. The Balaban J connectivity index is 1.90. The Morgan fingerprint density at radius 2 is 1.88 bits per heavy atom. The molecule has 0 aromatic heterocycles. The molecule has 0 bridgehead atoms. The van der Waals surface area contributed by atoms with Crippen molar-refractivity contribution < 1.29 is 9.59 Å². The molecule has 1 saturated carbocycles. The number of nitrogens with one attached hydrogen (secondary N) is 1.